The van der Waals surface area contributed by atoms with Crippen molar-refractivity contribution in [3.05, 3.63) is 0 Å². The van der Waals surface area contributed by atoms with E-state index < -0.39 is 5.60 Å². The molecule has 0 radical (unpaired) electrons. The number of nitrogens with one attached hydrogen (secondary N) is 1. The number of alkyl carbamates (subject to hydrolysis) is 1. The van der Waals surface area contributed by atoms with Gasteiger partial charge in [0.2, 0.25) is 0 Å². The summed E-state index contributed by atoms with van der Waals surface area (Å²) in [5.41, 5.74) is -0.409. The lowest BCUT2D eigenvalue weighted by Gasteiger charge is -2.22. The highest BCUT2D eigenvalue weighted by Gasteiger charge is 2.17. The van der Waals surface area contributed by atoms with E-state index in [0.717, 1.165) is 10.8 Å². The van der Waals surface area contributed by atoms with Gasteiger partial charge in [-0.2, -0.15) is 0 Å². The molecule has 0 aromatic carbocycles. The van der Waals surface area contributed by atoms with Crippen LogP contribution in [0.15, 0.2) is 0 Å². The minimum atomic E-state index is -0.409. The summed E-state index contributed by atoms with van der Waals surface area (Å²) in [6.45, 7) is 7.62. The van der Waals surface area contributed by atoms with Gasteiger partial charge in [-0.3, -0.25) is 0 Å². The Morgan fingerprint density at radius 3 is 2.38 bits per heavy atom. The fraction of sp³-hybridized carbons (Fsp3) is 0.889. The second-order valence-corrected chi connectivity index (χ2v) is 4.79. The van der Waals surface area contributed by atoms with E-state index in [-0.39, 0.29) is 12.1 Å². The van der Waals surface area contributed by atoms with Gasteiger partial charge in [-0.15, -0.1) is 0 Å². The highest BCUT2D eigenvalue weighted by molar-refractivity contribution is 14.1. The van der Waals surface area contributed by atoms with Crippen LogP contribution in [0.25, 0.3) is 0 Å². The van der Waals surface area contributed by atoms with Gasteiger partial charge in [0.15, 0.2) is 0 Å². The Hall–Kier alpha value is 0. The molecular weight excluding hydrogens is 281 g/mol. The van der Waals surface area contributed by atoms with Gasteiger partial charge < -0.3 is 10.1 Å². The largest absolute Gasteiger partial charge is 0.444 e. The van der Waals surface area contributed by atoms with Crippen LogP contribution in [0.1, 0.15) is 34.1 Å². The maximum absolute atomic E-state index is 11.3. The molecule has 1 N–H and O–H groups in total. The maximum Gasteiger partial charge on any atom is 0.407 e. The van der Waals surface area contributed by atoms with Crippen LogP contribution in [-0.2, 0) is 4.74 Å². The molecule has 0 bridgehead atoms. The highest BCUT2D eigenvalue weighted by atomic mass is 127. The van der Waals surface area contributed by atoms with E-state index in [0.29, 0.717) is 0 Å². The predicted octanol–water partition coefficient (Wildman–Crippen LogP) is 2.72. The Morgan fingerprint density at radius 2 is 2.08 bits per heavy atom. The van der Waals surface area contributed by atoms with Crippen molar-refractivity contribution < 1.29 is 9.53 Å². The van der Waals surface area contributed by atoms with Crippen LogP contribution in [0.4, 0.5) is 4.79 Å². The normalized spacial score (nSPS) is 13.6. The minimum absolute atomic E-state index is 0.218. The van der Waals surface area contributed by atoms with Gasteiger partial charge in [0.25, 0.3) is 0 Å². The molecule has 0 aromatic rings. The number of alkyl halides is 1. The van der Waals surface area contributed by atoms with Crippen LogP contribution < -0.4 is 5.32 Å². The third-order valence-corrected chi connectivity index (χ3v) is 2.46. The van der Waals surface area contributed by atoms with Crippen LogP contribution in [0.3, 0.4) is 0 Å². The summed E-state index contributed by atoms with van der Waals surface area (Å²) in [5, 5.41) is 2.80. The number of hydrogen-bond donors (Lipinski definition) is 1. The van der Waals surface area contributed by atoms with E-state index in [1.807, 2.05) is 27.7 Å². The zero-order valence-corrected chi connectivity index (χ0v) is 10.8. The lowest BCUT2D eigenvalue weighted by Crippen LogP contribution is -2.39. The van der Waals surface area contributed by atoms with Gasteiger partial charge in [-0.05, 0) is 27.2 Å². The molecule has 0 rings (SSSR count). The summed E-state index contributed by atoms with van der Waals surface area (Å²) in [7, 11) is 0. The predicted molar refractivity (Wildman–Crippen MR) is 62.3 cm³/mol. The topological polar surface area (TPSA) is 38.3 Å². The van der Waals surface area contributed by atoms with E-state index in [9.17, 15) is 4.79 Å². The summed E-state index contributed by atoms with van der Waals surface area (Å²) in [5.74, 6) is 0. The molecule has 0 aliphatic heterocycles. The Bertz CT molecular complexity index is 161. The van der Waals surface area contributed by atoms with Gasteiger partial charge in [0, 0.05) is 10.5 Å². The Labute approximate surface area is 93.7 Å². The second-order valence-electron chi connectivity index (χ2n) is 3.91. The van der Waals surface area contributed by atoms with E-state index in [4.69, 9.17) is 4.74 Å². The smallest absolute Gasteiger partial charge is 0.407 e. The zero-order valence-electron chi connectivity index (χ0n) is 8.69. The SMILES string of the molecule is CC[C@H](CI)NC(=O)OC(C)(C)C. The monoisotopic (exact) mass is 299 g/mol. The summed E-state index contributed by atoms with van der Waals surface area (Å²) in [6, 6.07) is 0.218. The maximum atomic E-state index is 11.3. The van der Waals surface area contributed by atoms with Crippen molar-refractivity contribution in [1.29, 1.82) is 0 Å². The van der Waals surface area contributed by atoms with Crippen LogP contribution in [0.5, 0.6) is 0 Å². The molecule has 3 nitrogen and oxygen atoms in total. The standard InChI is InChI=1S/C9H18INO2/c1-5-7(6-10)11-8(12)13-9(2,3)4/h7H,5-6H2,1-4H3,(H,11,12)/t7-/m1/s1. The van der Waals surface area contributed by atoms with Crippen LogP contribution in [0.2, 0.25) is 0 Å². The van der Waals surface area contributed by atoms with Crippen LogP contribution in [0, 0.1) is 0 Å². The number of ether oxygens (including phenoxy) is 1. The molecule has 0 unspecified atom stereocenters. The lowest BCUT2D eigenvalue weighted by atomic mass is 10.2. The molecule has 0 heterocycles. The minimum Gasteiger partial charge on any atom is -0.444 e. The van der Waals surface area contributed by atoms with Crippen LogP contribution >= 0.6 is 22.6 Å². The zero-order chi connectivity index (χ0) is 10.5. The average molecular weight is 299 g/mol. The van der Waals surface area contributed by atoms with E-state index in [1.54, 1.807) is 0 Å². The van der Waals surface area contributed by atoms with Crippen LogP contribution in [-0.4, -0.2) is 22.2 Å². The number of hydrogen-bond acceptors (Lipinski definition) is 2. The molecular formula is C9H18INO2. The molecule has 0 fully saturated rings. The number of carbonyl (C=O) groups excluding carboxylic acids is 1. The Balaban J connectivity index is 3.86. The summed E-state index contributed by atoms with van der Waals surface area (Å²) >= 11 is 2.25. The summed E-state index contributed by atoms with van der Waals surface area (Å²) in [4.78, 5) is 11.3. The van der Waals surface area contributed by atoms with Crippen molar-refractivity contribution in [2.45, 2.75) is 45.8 Å². The van der Waals surface area contributed by atoms with Gasteiger partial charge in [0.1, 0.15) is 5.60 Å². The number of carbonyl (C=O) groups is 1. The highest BCUT2D eigenvalue weighted by Crippen LogP contribution is 2.07. The molecule has 1 amide bonds. The molecule has 0 aromatic heterocycles. The van der Waals surface area contributed by atoms with Crippen molar-refractivity contribution in [2.75, 3.05) is 4.43 Å². The molecule has 0 spiro atoms. The fourth-order valence-electron chi connectivity index (χ4n) is 0.724. The van der Waals surface area contributed by atoms with Gasteiger partial charge in [-0.1, -0.05) is 29.5 Å². The first-order valence-electron chi connectivity index (χ1n) is 4.44. The first kappa shape index (κ1) is 13.0. The molecule has 78 valence electrons. The first-order valence-corrected chi connectivity index (χ1v) is 5.97. The van der Waals surface area contributed by atoms with Crippen molar-refractivity contribution in [3.63, 3.8) is 0 Å². The molecule has 0 aliphatic rings. The summed E-state index contributed by atoms with van der Waals surface area (Å²) in [6.07, 6.45) is 0.610. The van der Waals surface area contributed by atoms with Gasteiger partial charge >= 0.3 is 6.09 Å². The quantitative estimate of drug-likeness (QED) is 0.643. The lowest BCUT2D eigenvalue weighted by molar-refractivity contribution is 0.0509. The molecule has 1 atom stereocenters. The van der Waals surface area contributed by atoms with E-state index >= 15 is 0 Å². The first-order chi connectivity index (χ1) is 5.89. The average Bonchev–Trinajstić information content (AvgIpc) is 1.96. The number of halogens is 1. The van der Waals surface area contributed by atoms with Gasteiger partial charge in [0.05, 0.1) is 0 Å². The van der Waals surface area contributed by atoms with Crippen molar-refractivity contribution in [2.24, 2.45) is 0 Å². The van der Waals surface area contributed by atoms with Gasteiger partial charge in [-0.25, -0.2) is 4.79 Å². The fourth-order valence-corrected chi connectivity index (χ4v) is 1.57. The molecule has 0 saturated heterocycles. The Kier molecular flexibility index (Phi) is 5.67. The summed E-state index contributed by atoms with van der Waals surface area (Å²) < 4.78 is 6.03. The number of amides is 1. The van der Waals surface area contributed by atoms with Crippen molar-refractivity contribution in [1.82, 2.24) is 5.32 Å². The third-order valence-electron chi connectivity index (χ3n) is 1.40. The molecule has 0 saturated carbocycles. The van der Waals surface area contributed by atoms with Crippen molar-refractivity contribution >= 4 is 28.7 Å². The molecule has 13 heavy (non-hydrogen) atoms. The third kappa shape index (κ3) is 7.10. The molecule has 0 aliphatic carbocycles. The molecule has 4 heteroatoms. The Morgan fingerprint density at radius 1 is 1.54 bits per heavy atom. The number of rotatable bonds is 3. The van der Waals surface area contributed by atoms with E-state index in [1.165, 1.54) is 0 Å². The van der Waals surface area contributed by atoms with E-state index in [2.05, 4.69) is 27.9 Å². The second kappa shape index (κ2) is 5.67. The van der Waals surface area contributed by atoms with Crippen molar-refractivity contribution in [3.8, 4) is 0 Å².